The third-order valence-corrected chi connectivity index (χ3v) is 8.60. The number of aliphatic hydroxyl groups is 1. The van der Waals surface area contributed by atoms with E-state index < -0.39 is 0 Å². The summed E-state index contributed by atoms with van der Waals surface area (Å²) < 4.78 is 0. The Morgan fingerprint density at radius 1 is 1.17 bits per heavy atom. The Morgan fingerprint density at radius 3 is 2.67 bits per heavy atom. The number of allylic oxidation sites excluding steroid dienone is 3. The second-order valence-corrected chi connectivity index (χ2v) is 9.29. The molecule has 6 atom stereocenters. The third-order valence-electron chi connectivity index (χ3n) is 8.60. The van der Waals surface area contributed by atoms with Gasteiger partial charge in [0.2, 0.25) is 0 Å². The monoisotopic (exact) mass is 328 g/mol. The highest BCUT2D eigenvalue weighted by molar-refractivity contribution is 6.06. The third kappa shape index (κ3) is 2.08. The SMILES string of the molecule is CC[C@H]1CC[C@H]2[C@@H]3CCC4=CC(=O)C(CO)=C[C@]4(C)[C@H]3CC[C@]12C. The van der Waals surface area contributed by atoms with Gasteiger partial charge in [-0.15, -0.1) is 0 Å². The van der Waals surface area contributed by atoms with Crippen LogP contribution in [0, 0.1) is 34.5 Å². The van der Waals surface area contributed by atoms with Crippen molar-refractivity contribution in [2.24, 2.45) is 34.5 Å². The Kier molecular flexibility index (Phi) is 3.84. The number of carbonyl (C=O) groups excluding carboxylic acids is 1. The van der Waals surface area contributed by atoms with E-state index in [1.165, 1.54) is 44.1 Å². The molecule has 3 fully saturated rings. The van der Waals surface area contributed by atoms with Crippen LogP contribution < -0.4 is 0 Å². The van der Waals surface area contributed by atoms with Crippen molar-refractivity contribution in [3.05, 3.63) is 23.3 Å². The fourth-order valence-electron chi connectivity index (χ4n) is 7.28. The number of rotatable bonds is 2. The number of hydrogen-bond acceptors (Lipinski definition) is 2. The Labute approximate surface area is 146 Å². The Bertz CT molecular complexity index is 615. The molecular formula is C22H32O2. The molecule has 0 radical (unpaired) electrons. The average molecular weight is 328 g/mol. The lowest BCUT2D eigenvalue weighted by Crippen LogP contribution is -2.49. The molecule has 0 aromatic carbocycles. The smallest absolute Gasteiger partial charge is 0.183 e. The second kappa shape index (κ2) is 5.56. The van der Waals surface area contributed by atoms with Gasteiger partial charge in [-0.2, -0.15) is 0 Å². The largest absolute Gasteiger partial charge is 0.392 e. The molecule has 0 aliphatic heterocycles. The predicted molar refractivity (Wildman–Crippen MR) is 96.4 cm³/mol. The molecule has 2 heteroatoms. The van der Waals surface area contributed by atoms with Gasteiger partial charge in [0, 0.05) is 11.0 Å². The molecule has 0 aromatic heterocycles. The van der Waals surface area contributed by atoms with Crippen molar-refractivity contribution in [1.82, 2.24) is 0 Å². The quantitative estimate of drug-likeness (QED) is 0.799. The Balaban J connectivity index is 1.70. The molecule has 132 valence electrons. The first kappa shape index (κ1) is 16.6. The zero-order chi connectivity index (χ0) is 17.1. The molecule has 24 heavy (non-hydrogen) atoms. The predicted octanol–water partition coefficient (Wildman–Crippen LogP) is 4.68. The van der Waals surface area contributed by atoms with Crippen molar-refractivity contribution in [2.45, 2.75) is 65.7 Å². The van der Waals surface area contributed by atoms with E-state index in [0.717, 1.165) is 24.2 Å². The maximum absolute atomic E-state index is 12.2. The molecule has 0 saturated heterocycles. The highest BCUT2D eigenvalue weighted by Crippen LogP contribution is 2.66. The van der Waals surface area contributed by atoms with Crippen LogP contribution in [0.2, 0.25) is 0 Å². The molecule has 1 N–H and O–H groups in total. The summed E-state index contributed by atoms with van der Waals surface area (Å²) in [5.41, 5.74) is 2.50. The van der Waals surface area contributed by atoms with E-state index in [2.05, 4.69) is 26.8 Å². The van der Waals surface area contributed by atoms with Gasteiger partial charge in [0.15, 0.2) is 5.78 Å². The number of hydrogen-bond donors (Lipinski definition) is 1. The number of aliphatic hydroxyl groups excluding tert-OH is 1. The van der Waals surface area contributed by atoms with Gasteiger partial charge in [0.05, 0.1) is 6.61 Å². The van der Waals surface area contributed by atoms with Crippen LogP contribution >= 0.6 is 0 Å². The first-order chi connectivity index (χ1) is 11.4. The molecule has 0 bridgehead atoms. The number of carbonyl (C=O) groups is 1. The Hall–Kier alpha value is -0.890. The lowest BCUT2D eigenvalue weighted by atomic mass is 9.47. The lowest BCUT2D eigenvalue weighted by Gasteiger charge is -2.57. The normalized spacial score (nSPS) is 47.4. The van der Waals surface area contributed by atoms with Gasteiger partial charge in [-0.3, -0.25) is 4.79 Å². The minimum Gasteiger partial charge on any atom is -0.392 e. The highest BCUT2D eigenvalue weighted by atomic mass is 16.3. The van der Waals surface area contributed by atoms with Gasteiger partial charge >= 0.3 is 0 Å². The maximum Gasteiger partial charge on any atom is 0.183 e. The van der Waals surface area contributed by atoms with Crippen LogP contribution in [0.3, 0.4) is 0 Å². The van der Waals surface area contributed by atoms with Crippen LogP contribution in [0.25, 0.3) is 0 Å². The van der Waals surface area contributed by atoms with Crippen LogP contribution in [0.15, 0.2) is 23.3 Å². The van der Waals surface area contributed by atoms with E-state index in [4.69, 9.17) is 0 Å². The summed E-state index contributed by atoms with van der Waals surface area (Å²) in [6.45, 7) is 7.17. The molecule has 0 spiro atoms. The standard InChI is InChI=1S/C22H32O2/c1-4-15-6-8-18-17-7-5-16-11-20(24)14(13-23)12-22(16,3)19(17)9-10-21(15,18)2/h11-12,15,17-19,23H,4-10,13H2,1-3H3/t15-,17-,18-,19-,21+,22-/m0/s1. The van der Waals surface area contributed by atoms with Crippen molar-refractivity contribution < 1.29 is 9.90 Å². The molecule has 2 nitrogen and oxygen atoms in total. The molecule has 0 amide bonds. The van der Waals surface area contributed by atoms with E-state index in [0.29, 0.717) is 16.9 Å². The second-order valence-electron chi connectivity index (χ2n) is 9.29. The summed E-state index contributed by atoms with van der Waals surface area (Å²) in [6.07, 6.45) is 13.1. The van der Waals surface area contributed by atoms with E-state index in [9.17, 15) is 9.90 Å². The first-order valence-electron chi connectivity index (χ1n) is 10.0. The van der Waals surface area contributed by atoms with Crippen LogP contribution in [0.5, 0.6) is 0 Å². The summed E-state index contributed by atoms with van der Waals surface area (Å²) in [4.78, 5) is 12.2. The first-order valence-corrected chi connectivity index (χ1v) is 10.0. The number of ketones is 1. The van der Waals surface area contributed by atoms with E-state index in [-0.39, 0.29) is 17.8 Å². The highest BCUT2D eigenvalue weighted by Gasteiger charge is 2.58. The maximum atomic E-state index is 12.2. The van der Waals surface area contributed by atoms with Crippen molar-refractivity contribution in [1.29, 1.82) is 0 Å². The summed E-state index contributed by atoms with van der Waals surface area (Å²) in [7, 11) is 0. The lowest BCUT2D eigenvalue weighted by molar-refractivity contribution is -0.112. The zero-order valence-electron chi connectivity index (χ0n) is 15.5. The van der Waals surface area contributed by atoms with Crippen LogP contribution in [-0.2, 0) is 4.79 Å². The molecule has 0 heterocycles. The number of fused-ring (bicyclic) bond motifs is 5. The van der Waals surface area contributed by atoms with Crippen LogP contribution in [0.1, 0.15) is 65.7 Å². The fourth-order valence-corrected chi connectivity index (χ4v) is 7.28. The molecule has 0 aromatic rings. The van der Waals surface area contributed by atoms with Gasteiger partial charge in [0.25, 0.3) is 0 Å². The molecule has 4 aliphatic carbocycles. The minimum atomic E-state index is -0.116. The van der Waals surface area contributed by atoms with Gasteiger partial charge < -0.3 is 5.11 Å². The van der Waals surface area contributed by atoms with E-state index in [1.54, 1.807) is 0 Å². The van der Waals surface area contributed by atoms with Crippen molar-refractivity contribution in [3.63, 3.8) is 0 Å². The summed E-state index contributed by atoms with van der Waals surface area (Å²) >= 11 is 0. The fraction of sp³-hybridized carbons (Fsp3) is 0.773. The summed E-state index contributed by atoms with van der Waals surface area (Å²) in [5, 5.41) is 9.60. The van der Waals surface area contributed by atoms with Crippen LogP contribution in [-0.4, -0.2) is 17.5 Å². The van der Waals surface area contributed by atoms with E-state index in [1.807, 2.05) is 6.08 Å². The molecule has 4 rings (SSSR count). The molecular weight excluding hydrogens is 296 g/mol. The Morgan fingerprint density at radius 2 is 1.96 bits per heavy atom. The van der Waals surface area contributed by atoms with E-state index >= 15 is 0 Å². The van der Waals surface area contributed by atoms with Gasteiger partial charge in [-0.05, 0) is 73.7 Å². The topological polar surface area (TPSA) is 37.3 Å². The zero-order valence-corrected chi connectivity index (χ0v) is 15.5. The average Bonchev–Trinajstić information content (AvgIpc) is 2.91. The van der Waals surface area contributed by atoms with Crippen molar-refractivity contribution >= 4 is 5.78 Å². The summed E-state index contributed by atoms with van der Waals surface area (Å²) in [5.74, 6) is 3.26. The molecule has 3 saturated carbocycles. The van der Waals surface area contributed by atoms with Gasteiger partial charge in [-0.1, -0.05) is 38.8 Å². The minimum absolute atomic E-state index is 0.000517. The van der Waals surface area contributed by atoms with Gasteiger partial charge in [-0.25, -0.2) is 0 Å². The van der Waals surface area contributed by atoms with Gasteiger partial charge in [0.1, 0.15) is 0 Å². The molecule has 0 unspecified atom stereocenters. The van der Waals surface area contributed by atoms with Crippen LogP contribution in [0.4, 0.5) is 0 Å². The molecule has 4 aliphatic rings. The van der Waals surface area contributed by atoms with Crippen molar-refractivity contribution in [2.75, 3.05) is 6.61 Å². The summed E-state index contributed by atoms with van der Waals surface area (Å²) in [6, 6.07) is 0. The van der Waals surface area contributed by atoms with Crippen molar-refractivity contribution in [3.8, 4) is 0 Å².